The van der Waals surface area contributed by atoms with Gasteiger partial charge in [0.05, 0.1) is 6.61 Å². The molecule has 0 spiro atoms. The van der Waals surface area contributed by atoms with Crippen LogP contribution in [0.2, 0.25) is 0 Å². The molecule has 0 aliphatic rings. The second kappa shape index (κ2) is 8.28. The highest BCUT2D eigenvalue weighted by atomic mass is 16.3. The van der Waals surface area contributed by atoms with Gasteiger partial charge in [0.2, 0.25) is 0 Å². The molecule has 3 nitrogen and oxygen atoms in total. The van der Waals surface area contributed by atoms with Gasteiger partial charge in [0.1, 0.15) is 0 Å². The molecule has 20 heavy (non-hydrogen) atoms. The quantitative estimate of drug-likeness (QED) is 0.682. The zero-order valence-electron chi connectivity index (χ0n) is 13.4. The second-order valence-corrected chi connectivity index (χ2v) is 5.97. The van der Waals surface area contributed by atoms with Gasteiger partial charge < -0.3 is 15.3 Å². The molecule has 0 aromatic heterocycles. The Hall–Kier alpha value is -1.06. The molecular weight excluding hydrogens is 248 g/mol. The highest BCUT2D eigenvalue weighted by Gasteiger charge is 2.20. The average molecular weight is 278 g/mol. The van der Waals surface area contributed by atoms with Crippen molar-refractivity contribution in [1.82, 2.24) is 5.32 Å². The molecular formula is C17H30N2O. The number of hydrogen-bond acceptors (Lipinski definition) is 3. The summed E-state index contributed by atoms with van der Waals surface area (Å²) in [5.74, 6) is 0. The van der Waals surface area contributed by atoms with Gasteiger partial charge in [0.25, 0.3) is 0 Å². The highest BCUT2D eigenvalue weighted by Crippen LogP contribution is 2.17. The van der Waals surface area contributed by atoms with Crippen molar-refractivity contribution in [2.75, 3.05) is 31.6 Å². The SMILES string of the molecule is CCNC(C)(CO)CCCCN(C)c1cccc(C)c1. The van der Waals surface area contributed by atoms with E-state index in [4.69, 9.17) is 0 Å². The Balaban J connectivity index is 2.33. The summed E-state index contributed by atoms with van der Waals surface area (Å²) >= 11 is 0. The summed E-state index contributed by atoms with van der Waals surface area (Å²) in [4.78, 5) is 2.30. The van der Waals surface area contributed by atoms with E-state index in [9.17, 15) is 5.11 Å². The monoisotopic (exact) mass is 278 g/mol. The molecule has 0 radical (unpaired) electrons. The van der Waals surface area contributed by atoms with Crippen molar-refractivity contribution >= 4 is 5.69 Å². The fourth-order valence-electron chi connectivity index (χ4n) is 2.51. The Labute approximate surface area is 124 Å². The molecule has 0 aliphatic carbocycles. The number of hydrogen-bond donors (Lipinski definition) is 2. The number of benzene rings is 1. The van der Waals surface area contributed by atoms with Crippen LogP contribution in [0, 0.1) is 6.92 Å². The first-order chi connectivity index (χ1) is 9.50. The highest BCUT2D eigenvalue weighted by molar-refractivity contribution is 5.47. The first-order valence-corrected chi connectivity index (χ1v) is 7.64. The van der Waals surface area contributed by atoms with E-state index < -0.39 is 0 Å². The standard InChI is InChI=1S/C17H30N2O/c1-5-18-17(3,14-20)11-6-7-12-19(4)16-10-8-9-15(2)13-16/h8-10,13,18,20H,5-7,11-12,14H2,1-4H3. The van der Waals surface area contributed by atoms with Crippen LogP contribution in [0.25, 0.3) is 0 Å². The molecule has 114 valence electrons. The molecule has 0 saturated carbocycles. The number of anilines is 1. The molecule has 3 heteroatoms. The van der Waals surface area contributed by atoms with E-state index in [1.807, 2.05) is 0 Å². The fraction of sp³-hybridized carbons (Fsp3) is 0.647. The van der Waals surface area contributed by atoms with E-state index in [0.29, 0.717) is 0 Å². The summed E-state index contributed by atoms with van der Waals surface area (Å²) in [5.41, 5.74) is 2.45. The maximum absolute atomic E-state index is 9.46. The van der Waals surface area contributed by atoms with E-state index in [1.54, 1.807) is 0 Å². The van der Waals surface area contributed by atoms with Crippen LogP contribution in [0.4, 0.5) is 5.69 Å². The van der Waals surface area contributed by atoms with Gasteiger partial charge >= 0.3 is 0 Å². The van der Waals surface area contributed by atoms with Crippen molar-refractivity contribution in [3.63, 3.8) is 0 Å². The van der Waals surface area contributed by atoms with Crippen molar-refractivity contribution in [2.24, 2.45) is 0 Å². The number of unbranched alkanes of at least 4 members (excludes halogenated alkanes) is 1. The molecule has 0 aliphatic heterocycles. The topological polar surface area (TPSA) is 35.5 Å². The summed E-state index contributed by atoms with van der Waals surface area (Å²) in [6, 6.07) is 8.61. The lowest BCUT2D eigenvalue weighted by atomic mass is 9.95. The first-order valence-electron chi connectivity index (χ1n) is 7.64. The lowest BCUT2D eigenvalue weighted by Gasteiger charge is -2.29. The smallest absolute Gasteiger partial charge is 0.0610 e. The van der Waals surface area contributed by atoms with Crippen molar-refractivity contribution in [1.29, 1.82) is 0 Å². The number of rotatable bonds is 9. The molecule has 1 unspecified atom stereocenters. The van der Waals surface area contributed by atoms with Crippen molar-refractivity contribution < 1.29 is 5.11 Å². The van der Waals surface area contributed by atoms with Gasteiger partial charge in [-0.25, -0.2) is 0 Å². The van der Waals surface area contributed by atoms with Crippen molar-refractivity contribution in [3.8, 4) is 0 Å². The van der Waals surface area contributed by atoms with E-state index in [0.717, 1.165) is 32.4 Å². The predicted molar refractivity (Wildman–Crippen MR) is 87.5 cm³/mol. The fourth-order valence-corrected chi connectivity index (χ4v) is 2.51. The maximum Gasteiger partial charge on any atom is 0.0610 e. The Morgan fingerprint density at radius 1 is 1.30 bits per heavy atom. The number of nitrogens with one attached hydrogen (secondary N) is 1. The van der Waals surface area contributed by atoms with Gasteiger partial charge in [-0.1, -0.05) is 19.1 Å². The van der Waals surface area contributed by atoms with Gasteiger partial charge in [-0.2, -0.15) is 0 Å². The Kier molecular flexibility index (Phi) is 7.03. The molecule has 0 bridgehead atoms. The van der Waals surface area contributed by atoms with Crippen LogP contribution in [0.3, 0.4) is 0 Å². The van der Waals surface area contributed by atoms with Gasteiger partial charge in [-0.05, 0) is 57.4 Å². The van der Waals surface area contributed by atoms with Gasteiger partial charge in [0, 0.05) is 24.8 Å². The minimum Gasteiger partial charge on any atom is -0.394 e. The molecule has 1 aromatic carbocycles. The molecule has 1 atom stereocenters. The minimum atomic E-state index is -0.128. The van der Waals surface area contributed by atoms with Gasteiger partial charge in [-0.3, -0.25) is 0 Å². The number of aliphatic hydroxyl groups is 1. The number of likely N-dealkylation sites (N-methyl/N-ethyl adjacent to an activating group) is 1. The van der Waals surface area contributed by atoms with Crippen molar-refractivity contribution in [2.45, 2.75) is 45.6 Å². The number of aliphatic hydroxyl groups excluding tert-OH is 1. The maximum atomic E-state index is 9.46. The molecule has 2 N–H and O–H groups in total. The van der Waals surface area contributed by atoms with Crippen LogP contribution in [-0.2, 0) is 0 Å². The Morgan fingerprint density at radius 3 is 2.65 bits per heavy atom. The van der Waals surface area contributed by atoms with E-state index in [1.165, 1.54) is 11.3 Å². The predicted octanol–water partition coefficient (Wildman–Crippen LogP) is 2.96. The summed E-state index contributed by atoms with van der Waals surface area (Å²) in [6.45, 7) is 8.46. The normalized spacial score (nSPS) is 14.1. The third kappa shape index (κ3) is 5.51. The second-order valence-electron chi connectivity index (χ2n) is 5.97. The molecule has 0 amide bonds. The number of aryl methyl sites for hydroxylation is 1. The van der Waals surface area contributed by atoms with Gasteiger partial charge in [-0.15, -0.1) is 0 Å². The van der Waals surface area contributed by atoms with Gasteiger partial charge in [0.15, 0.2) is 0 Å². The Bertz CT molecular complexity index is 394. The number of nitrogens with zero attached hydrogens (tertiary/aromatic N) is 1. The van der Waals surface area contributed by atoms with E-state index in [-0.39, 0.29) is 12.1 Å². The lowest BCUT2D eigenvalue weighted by molar-refractivity contribution is 0.165. The third-order valence-corrected chi connectivity index (χ3v) is 3.87. The third-order valence-electron chi connectivity index (χ3n) is 3.87. The molecule has 1 rings (SSSR count). The molecule has 0 saturated heterocycles. The van der Waals surface area contributed by atoms with Crippen LogP contribution >= 0.6 is 0 Å². The van der Waals surface area contributed by atoms with Crippen LogP contribution in [0.15, 0.2) is 24.3 Å². The van der Waals surface area contributed by atoms with E-state index >= 15 is 0 Å². The lowest BCUT2D eigenvalue weighted by Crippen LogP contribution is -2.45. The van der Waals surface area contributed by atoms with Crippen LogP contribution in [0.5, 0.6) is 0 Å². The zero-order chi connectivity index (χ0) is 15.0. The zero-order valence-corrected chi connectivity index (χ0v) is 13.4. The molecule has 1 aromatic rings. The van der Waals surface area contributed by atoms with Crippen LogP contribution in [0.1, 0.15) is 38.7 Å². The molecule has 0 heterocycles. The molecule has 0 fully saturated rings. The summed E-state index contributed by atoms with van der Waals surface area (Å²) in [7, 11) is 2.14. The summed E-state index contributed by atoms with van der Waals surface area (Å²) in [5, 5.41) is 12.8. The van der Waals surface area contributed by atoms with E-state index in [2.05, 4.69) is 62.3 Å². The minimum absolute atomic E-state index is 0.128. The largest absolute Gasteiger partial charge is 0.394 e. The van der Waals surface area contributed by atoms with Crippen LogP contribution in [-0.4, -0.2) is 37.4 Å². The Morgan fingerprint density at radius 2 is 2.05 bits per heavy atom. The average Bonchev–Trinajstić information content (AvgIpc) is 2.44. The first kappa shape index (κ1) is 17.0. The summed E-state index contributed by atoms with van der Waals surface area (Å²) in [6.07, 6.45) is 3.28. The van der Waals surface area contributed by atoms with Crippen molar-refractivity contribution in [3.05, 3.63) is 29.8 Å². The summed E-state index contributed by atoms with van der Waals surface area (Å²) < 4.78 is 0. The van der Waals surface area contributed by atoms with Crippen LogP contribution < -0.4 is 10.2 Å².